The van der Waals surface area contributed by atoms with Gasteiger partial charge in [-0.25, -0.2) is 9.44 Å². The highest BCUT2D eigenvalue weighted by molar-refractivity contribution is 7.95. The molecule has 1 aromatic rings. The van der Waals surface area contributed by atoms with Crippen molar-refractivity contribution in [3.05, 3.63) is 48.3 Å². The summed E-state index contributed by atoms with van der Waals surface area (Å²) in [4.78, 5) is 0. The van der Waals surface area contributed by atoms with E-state index in [4.69, 9.17) is 0 Å². The molecule has 4 nitrogen and oxygen atoms in total. The van der Waals surface area contributed by atoms with Crippen LogP contribution < -0.4 is 9.44 Å². The van der Waals surface area contributed by atoms with Crippen molar-refractivity contribution in [2.45, 2.75) is 64.5 Å². The van der Waals surface area contributed by atoms with Crippen LogP contribution in [-0.2, 0) is 0 Å². The second-order valence-electron chi connectivity index (χ2n) is 6.71. The van der Waals surface area contributed by atoms with Gasteiger partial charge < -0.3 is 0 Å². The molecule has 0 unspecified atom stereocenters. The summed E-state index contributed by atoms with van der Waals surface area (Å²) in [5.41, 5.74) is 4.55. The van der Waals surface area contributed by atoms with Crippen molar-refractivity contribution in [1.82, 2.24) is 19.6 Å². The van der Waals surface area contributed by atoms with E-state index in [0.717, 1.165) is 11.3 Å². The van der Waals surface area contributed by atoms with Crippen molar-refractivity contribution in [2.75, 3.05) is 0 Å². The molecule has 0 aliphatic heterocycles. The number of hydrogen-bond donors (Lipinski definition) is 3. The molecule has 1 saturated carbocycles. The molecule has 3 N–H and O–H groups in total. The molecule has 1 aliphatic rings. The minimum atomic E-state index is 0.493. The zero-order chi connectivity index (χ0) is 17.5. The Balaban J connectivity index is 1.95. The Bertz CT molecular complexity index is 580. The van der Waals surface area contributed by atoms with Gasteiger partial charge in [-0.05, 0) is 52.0 Å². The third-order valence-electron chi connectivity index (χ3n) is 4.49. The molecule has 0 spiro atoms. The third kappa shape index (κ3) is 4.85. The first-order valence-electron chi connectivity index (χ1n) is 8.74. The van der Waals surface area contributed by atoms with E-state index in [1.165, 1.54) is 36.9 Å². The van der Waals surface area contributed by atoms with E-state index in [0.29, 0.717) is 18.0 Å². The van der Waals surface area contributed by atoms with Gasteiger partial charge in [-0.3, -0.25) is 5.10 Å². The summed E-state index contributed by atoms with van der Waals surface area (Å²) in [7, 11) is 0. The highest BCUT2D eigenvalue weighted by Gasteiger charge is 2.26. The van der Waals surface area contributed by atoms with Gasteiger partial charge in [0, 0.05) is 41.4 Å². The van der Waals surface area contributed by atoms with E-state index in [1.807, 2.05) is 12.2 Å². The summed E-state index contributed by atoms with van der Waals surface area (Å²) in [6, 6.07) is 1.08. The van der Waals surface area contributed by atoms with Crippen LogP contribution in [0.25, 0.3) is 5.57 Å². The van der Waals surface area contributed by atoms with Gasteiger partial charge in [-0.2, -0.15) is 5.10 Å². The van der Waals surface area contributed by atoms with Gasteiger partial charge in [0.2, 0.25) is 0 Å². The first kappa shape index (κ1) is 19.0. The fourth-order valence-corrected chi connectivity index (χ4v) is 3.90. The van der Waals surface area contributed by atoms with Gasteiger partial charge in [0.1, 0.15) is 0 Å². The summed E-state index contributed by atoms with van der Waals surface area (Å²) < 4.78 is 6.88. The summed E-state index contributed by atoms with van der Waals surface area (Å²) in [5.74, 6) is 0.571. The molecule has 0 atom stereocenters. The molecule has 0 bridgehead atoms. The second-order valence-corrected chi connectivity index (χ2v) is 7.39. The number of H-pyrrole nitrogens is 1. The number of aromatic nitrogens is 2. The van der Waals surface area contributed by atoms with Crippen LogP contribution in [0.3, 0.4) is 0 Å². The van der Waals surface area contributed by atoms with Crippen molar-refractivity contribution >= 4 is 17.7 Å². The normalized spacial score (nSPS) is 21.9. The van der Waals surface area contributed by atoms with Crippen LogP contribution in [0.5, 0.6) is 0 Å². The zero-order valence-corrected chi connectivity index (χ0v) is 15.9. The van der Waals surface area contributed by atoms with Gasteiger partial charge in [0.05, 0.1) is 5.69 Å². The lowest BCUT2D eigenvalue weighted by Crippen LogP contribution is -2.32. The number of rotatable bonds is 8. The lowest BCUT2D eigenvalue weighted by Gasteiger charge is -2.28. The monoisotopic (exact) mass is 346 g/mol. The standard InChI is InChI=1S/C19H30N4S/c1-6-8-15(7-2)18-14(5)19(21-20-18)16-9-11-17(12-10-16)23-24-22-13(3)4/h6-8,13,16-17,22-23H,1-2,9-12H2,3-5H3,(H,20,21)/b15-8+. The van der Waals surface area contributed by atoms with Gasteiger partial charge >= 0.3 is 0 Å². The van der Waals surface area contributed by atoms with Gasteiger partial charge in [0.15, 0.2) is 0 Å². The Kier molecular flexibility index (Phi) is 7.34. The molecule has 0 aromatic carbocycles. The van der Waals surface area contributed by atoms with Crippen molar-refractivity contribution in [1.29, 1.82) is 0 Å². The molecule has 1 heterocycles. The molecule has 0 radical (unpaired) electrons. The molecule has 1 fully saturated rings. The Morgan fingerprint density at radius 2 is 2.00 bits per heavy atom. The average Bonchev–Trinajstić information content (AvgIpc) is 2.94. The Morgan fingerprint density at radius 1 is 1.29 bits per heavy atom. The van der Waals surface area contributed by atoms with Gasteiger partial charge in [-0.1, -0.05) is 31.4 Å². The lowest BCUT2D eigenvalue weighted by molar-refractivity contribution is 0.375. The highest BCUT2D eigenvalue weighted by Crippen LogP contribution is 2.35. The summed E-state index contributed by atoms with van der Waals surface area (Å²) in [5, 5.41) is 7.81. The molecule has 0 amide bonds. The van der Waals surface area contributed by atoms with Crippen LogP contribution in [0.4, 0.5) is 0 Å². The maximum absolute atomic E-state index is 4.53. The molecule has 1 aliphatic carbocycles. The molecular weight excluding hydrogens is 316 g/mol. The minimum Gasteiger partial charge on any atom is -0.281 e. The number of hydrogen-bond acceptors (Lipinski definition) is 4. The van der Waals surface area contributed by atoms with Crippen molar-refractivity contribution in [2.24, 2.45) is 0 Å². The Labute approximate surface area is 150 Å². The van der Waals surface area contributed by atoms with Crippen LogP contribution in [0.15, 0.2) is 31.4 Å². The van der Waals surface area contributed by atoms with Crippen LogP contribution in [0, 0.1) is 6.92 Å². The number of nitrogens with one attached hydrogen (secondary N) is 3. The molecule has 2 rings (SSSR count). The van der Waals surface area contributed by atoms with Gasteiger partial charge in [0.25, 0.3) is 0 Å². The van der Waals surface area contributed by atoms with Crippen molar-refractivity contribution in [3.8, 4) is 0 Å². The summed E-state index contributed by atoms with van der Waals surface area (Å²) in [6.07, 6.45) is 10.4. The SMILES string of the molecule is C=C/C=C(\C=C)c1n[nH]c(C2CCC(NSNC(C)C)CC2)c1C. The van der Waals surface area contributed by atoms with Crippen LogP contribution >= 0.6 is 12.1 Å². The van der Waals surface area contributed by atoms with E-state index in [9.17, 15) is 0 Å². The molecule has 24 heavy (non-hydrogen) atoms. The predicted molar refractivity (Wildman–Crippen MR) is 106 cm³/mol. The maximum Gasteiger partial charge on any atom is 0.0952 e. The number of allylic oxidation sites excluding steroid dienone is 4. The fraction of sp³-hybridized carbons (Fsp3) is 0.526. The Hall–Kier alpha value is -1.30. The molecule has 5 heteroatoms. The van der Waals surface area contributed by atoms with E-state index in [-0.39, 0.29) is 0 Å². The third-order valence-corrected chi connectivity index (χ3v) is 5.53. The van der Waals surface area contributed by atoms with Crippen LogP contribution in [0.2, 0.25) is 0 Å². The number of nitrogens with zero attached hydrogens (tertiary/aromatic N) is 1. The largest absolute Gasteiger partial charge is 0.281 e. The van der Waals surface area contributed by atoms with E-state index < -0.39 is 0 Å². The first-order valence-corrected chi connectivity index (χ1v) is 9.55. The maximum atomic E-state index is 4.53. The summed E-state index contributed by atoms with van der Waals surface area (Å²) >= 11 is 1.64. The van der Waals surface area contributed by atoms with Crippen molar-refractivity contribution in [3.63, 3.8) is 0 Å². The number of aromatic amines is 1. The zero-order valence-electron chi connectivity index (χ0n) is 15.1. The van der Waals surface area contributed by atoms with E-state index in [2.05, 4.69) is 53.6 Å². The van der Waals surface area contributed by atoms with Gasteiger partial charge in [-0.15, -0.1) is 0 Å². The minimum absolute atomic E-state index is 0.493. The molecule has 132 valence electrons. The van der Waals surface area contributed by atoms with Crippen LogP contribution in [0.1, 0.15) is 62.4 Å². The van der Waals surface area contributed by atoms with E-state index in [1.54, 1.807) is 18.2 Å². The van der Waals surface area contributed by atoms with Crippen molar-refractivity contribution < 1.29 is 0 Å². The first-order chi connectivity index (χ1) is 11.6. The summed E-state index contributed by atoms with van der Waals surface area (Å²) in [6.45, 7) is 14.1. The van der Waals surface area contributed by atoms with E-state index >= 15 is 0 Å². The topological polar surface area (TPSA) is 52.7 Å². The Morgan fingerprint density at radius 3 is 2.58 bits per heavy atom. The average molecular weight is 347 g/mol. The highest BCUT2D eigenvalue weighted by atomic mass is 32.2. The molecule has 0 saturated heterocycles. The molecular formula is C19H30N4S. The van der Waals surface area contributed by atoms with Crippen LogP contribution in [-0.4, -0.2) is 22.3 Å². The quantitative estimate of drug-likeness (QED) is 0.474. The second kappa shape index (κ2) is 9.25. The molecule has 1 aromatic heterocycles. The fourth-order valence-electron chi connectivity index (χ4n) is 3.20. The smallest absolute Gasteiger partial charge is 0.0952 e. The lowest BCUT2D eigenvalue weighted by atomic mass is 9.83. The predicted octanol–water partition coefficient (Wildman–Crippen LogP) is 4.65.